The van der Waals surface area contributed by atoms with Gasteiger partial charge in [0.25, 0.3) is 0 Å². The van der Waals surface area contributed by atoms with Gasteiger partial charge in [0.1, 0.15) is 5.82 Å². The second kappa shape index (κ2) is 4.63. The van der Waals surface area contributed by atoms with E-state index in [-0.39, 0.29) is 6.04 Å². The van der Waals surface area contributed by atoms with E-state index in [4.69, 9.17) is 4.98 Å². The van der Waals surface area contributed by atoms with Crippen LogP contribution in [0.2, 0.25) is 0 Å². The van der Waals surface area contributed by atoms with Crippen LogP contribution in [0.5, 0.6) is 0 Å². The summed E-state index contributed by atoms with van der Waals surface area (Å²) in [5.74, 6) is 1.18. The van der Waals surface area contributed by atoms with Gasteiger partial charge in [0.2, 0.25) is 0 Å². The molecule has 0 amide bonds. The van der Waals surface area contributed by atoms with Gasteiger partial charge in [0.15, 0.2) is 0 Å². The molecule has 1 unspecified atom stereocenters. The Morgan fingerprint density at radius 3 is 3.29 bits per heavy atom. The number of aromatic nitrogens is 2. The molecular formula is C13H17N3S. The summed E-state index contributed by atoms with van der Waals surface area (Å²) < 4.78 is 2.32. The van der Waals surface area contributed by atoms with Crippen molar-refractivity contribution in [3.63, 3.8) is 0 Å². The third-order valence-electron chi connectivity index (χ3n) is 3.28. The smallest absolute Gasteiger partial charge is 0.130 e. The highest BCUT2D eigenvalue weighted by Crippen LogP contribution is 2.25. The summed E-state index contributed by atoms with van der Waals surface area (Å²) >= 11 is 1.75. The zero-order chi connectivity index (χ0) is 11.7. The Kier molecular flexibility index (Phi) is 2.99. The van der Waals surface area contributed by atoms with Crippen LogP contribution in [0.25, 0.3) is 0 Å². The Labute approximate surface area is 106 Å². The lowest BCUT2D eigenvalue weighted by Crippen LogP contribution is -2.22. The normalized spacial score (nSPS) is 19.9. The first-order valence-corrected chi connectivity index (χ1v) is 7.14. The first-order valence-electron chi connectivity index (χ1n) is 6.20. The van der Waals surface area contributed by atoms with Gasteiger partial charge in [-0.25, -0.2) is 4.98 Å². The van der Waals surface area contributed by atoms with Crippen LogP contribution in [0.15, 0.2) is 23.0 Å². The van der Waals surface area contributed by atoms with Crippen molar-refractivity contribution >= 4 is 11.3 Å². The van der Waals surface area contributed by atoms with E-state index < -0.39 is 0 Å². The van der Waals surface area contributed by atoms with Gasteiger partial charge >= 0.3 is 0 Å². The quantitative estimate of drug-likeness (QED) is 0.884. The molecular weight excluding hydrogens is 230 g/mol. The first kappa shape index (κ1) is 11.0. The fourth-order valence-corrected chi connectivity index (χ4v) is 3.05. The molecule has 0 aromatic carbocycles. The molecule has 1 aliphatic heterocycles. The molecule has 0 spiro atoms. The average Bonchev–Trinajstić information content (AvgIpc) is 2.96. The van der Waals surface area contributed by atoms with E-state index in [2.05, 4.69) is 39.8 Å². The molecule has 1 N–H and O–H groups in total. The number of rotatable bonds is 2. The highest BCUT2D eigenvalue weighted by Gasteiger charge is 2.22. The number of hydrogen-bond donors (Lipinski definition) is 1. The maximum atomic E-state index is 4.77. The van der Waals surface area contributed by atoms with Crippen molar-refractivity contribution in [1.29, 1.82) is 0 Å². The van der Waals surface area contributed by atoms with E-state index in [0.29, 0.717) is 0 Å². The molecule has 2 aromatic heterocycles. The minimum absolute atomic E-state index is 0.268. The molecule has 3 heterocycles. The van der Waals surface area contributed by atoms with Gasteiger partial charge in [0, 0.05) is 12.7 Å². The molecule has 90 valence electrons. The van der Waals surface area contributed by atoms with E-state index in [9.17, 15) is 0 Å². The van der Waals surface area contributed by atoms with Crippen molar-refractivity contribution in [1.82, 2.24) is 14.9 Å². The van der Waals surface area contributed by atoms with Gasteiger partial charge in [-0.3, -0.25) is 0 Å². The predicted molar refractivity (Wildman–Crippen MR) is 70.4 cm³/mol. The van der Waals surface area contributed by atoms with E-state index in [1.165, 1.54) is 23.5 Å². The molecule has 0 radical (unpaired) electrons. The van der Waals surface area contributed by atoms with Crippen molar-refractivity contribution in [3.8, 4) is 0 Å². The van der Waals surface area contributed by atoms with Crippen LogP contribution in [-0.2, 0) is 13.0 Å². The second-order valence-corrected chi connectivity index (χ2v) is 5.21. The lowest BCUT2D eigenvalue weighted by Gasteiger charge is -2.14. The van der Waals surface area contributed by atoms with Crippen LogP contribution in [0.1, 0.15) is 36.5 Å². The van der Waals surface area contributed by atoms with Crippen LogP contribution >= 0.6 is 11.3 Å². The highest BCUT2D eigenvalue weighted by atomic mass is 32.1. The maximum absolute atomic E-state index is 4.77. The Bertz CT molecular complexity index is 487. The minimum Gasteiger partial charge on any atom is -0.333 e. The van der Waals surface area contributed by atoms with Crippen LogP contribution < -0.4 is 5.32 Å². The molecule has 1 atom stereocenters. The summed E-state index contributed by atoms with van der Waals surface area (Å²) in [4.78, 5) is 4.77. The number of thiophene rings is 1. The largest absolute Gasteiger partial charge is 0.333 e. The van der Waals surface area contributed by atoms with E-state index in [1.54, 1.807) is 11.3 Å². The Morgan fingerprint density at radius 1 is 1.59 bits per heavy atom. The van der Waals surface area contributed by atoms with Gasteiger partial charge in [0.05, 0.1) is 11.7 Å². The summed E-state index contributed by atoms with van der Waals surface area (Å²) in [7, 11) is 0. The molecule has 0 bridgehead atoms. The van der Waals surface area contributed by atoms with Gasteiger partial charge in [-0.1, -0.05) is 6.92 Å². The first-order chi connectivity index (χ1) is 8.38. The summed E-state index contributed by atoms with van der Waals surface area (Å²) in [6.07, 6.45) is 4.39. The SMILES string of the molecule is CCc1cn2c(n1)C(c1ccsc1)NCCC2. The molecule has 0 aliphatic carbocycles. The monoisotopic (exact) mass is 247 g/mol. The van der Waals surface area contributed by atoms with E-state index in [1.807, 2.05) is 0 Å². The number of nitrogens with zero attached hydrogens (tertiary/aromatic N) is 2. The number of hydrogen-bond acceptors (Lipinski definition) is 3. The summed E-state index contributed by atoms with van der Waals surface area (Å²) in [6.45, 7) is 4.30. The molecule has 1 aliphatic rings. The molecule has 2 aromatic rings. The highest BCUT2D eigenvalue weighted by molar-refractivity contribution is 7.08. The summed E-state index contributed by atoms with van der Waals surface area (Å²) in [5, 5.41) is 7.95. The molecule has 3 nitrogen and oxygen atoms in total. The maximum Gasteiger partial charge on any atom is 0.130 e. The standard InChI is InChI=1S/C13H17N3S/c1-2-11-8-16-6-3-5-14-12(13(16)15-11)10-4-7-17-9-10/h4,7-9,12,14H,2-3,5-6H2,1H3. The van der Waals surface area contributed by atoms with Gasteiger partial charge in [-0.2, -0.15) is 11.3 Å². The lowest BCUT2D eigenvalue weighted by molar-refractivity contribution is 0.600. The molecule has 17 heavy (non-hydrogen) atoms. The fourth-order valence-electron chi connectivity index (χ4n) is 2.36. The fraction of sp³-hybridized carbons (Fsp3) is 0.462. The Morgan fingerprint density at radius 2 is 2.53 bits per heavy atom. The third-order valence-corrected chi connectivity index (χ3v) is 3.98. The summed E-state index contributed by atoms with van der Waals surface area (Å²) in [5.41, 5.74) is 2.54. The van der Waals surface area contributed by atoms with Crippen molar-refractivity contribution in [2.24, 2.45) is 0 Å². The van der Waals surface area contributed by atoms with Crippen LogP contribution in [0, 0.1) is 0 Å². The van der Waals surface area contributed by atoms with E-state index >= 15 is 0 Å². The number of fused-ring (bicyclic) bond motifs is 1. The average molecular weight is 247 g/mol. The van der Waals surface area contributed by atoms with Gasteiger partial charge in [-0.15, -0.1) is 0 Å². The molecule has 0 fully saturated rings. The second-order valence-electron chi connectivity index (χ2n) is 4.43. The van der Waals surface area contributed by atoms with E-state index in [0.717, 1.165) is 19.5 Å². The Hall–Kier alpha value is -1.13. The third kappa shape index (κ3) is 2.03. The topological polar surface area (TPSA) is 29.9 Å². The van der Waals surface area contributed by atoms with Crippen molar-refractivity contribution in [2.75, 3.05) is 6.54 Å². The number of imidazole rings is 1. The zero-order valence-corrected chi connectivity index (χ0v) is 10.8. The molecule has 3 rings (SSSR count). The number of aryl methyl sites for hydroxylation is 2. The van der Waals surface area contributed by atoms with Crippen molar-refractivity contribution < 1.29 is 0 Å². The van der Waals surface area contributed by atoms with Gasteiger partial charge < -0.3 is 9.88 Å². The number of nitrogens with one attached hydrogen (secondary N) is 1. The van der Waals surface area contributed by atoms with Gasteiger partial charge in [-0.05, 0) is 41.8 Å². The minimum atomic E-state index is 0.268. The predicted octanol–water partition coefficient (Wildman–Crippen LogP) is 2.59. The molecule has 4 heteroatoms. The van der Waals surface area contributed by atoms with Crippen molar-refractivity contribution in [2.45, 2.75) is 32.4 Å². The van der Waals surface area contributed by atoms with Crippen LogP contribution in [-0.4, -0.2) is 16.1 Å². The van der Waals surface area contributed by atoms with Crippen LogP contribution in [0.4, 0.5) is 0 Å². The van der Waals surface area contributed by atoms with Crippen molar-refractivity contribution in [3.05, 3.63) is 40.1 Å². The zero-order valence-electron chi connectivity index (χ0n) is 10.0. The molecule has 0 saturated carbocycles. The molecule has 0 saturated heterocycles. The Balaban J connectivity index is 2.03. The summed E-state index contributed by atoms with van der Waals surface area (Å²) in [6, 6.07) is 2.46. The lowest BCUT2D eigenvalue weighted by atomic mass is 10.1. The van der Waals surface area contributed by atoms with Crippen LogP contribution in [0.3, 0.4) is 0 Å².